The third-order valence-electron chi connectivity index (χ3n) is 6.36. The number of benzene rings is 2. The van der Waals surface area contributed by atoms with Crippen molar-refractivity contribution in [3.8, 4) is 5.75 Å². The van der Waals surface area contributed by atoms with E-state index < -0.39 is 11.7 Å². The van der Waals surface area contributed by atoms with E-state index in [1.807, 2.05) is 24.3 Å². The Hall–Kier alpha value is -3.29. The van der Waals surface area contributed by atoms with Gasteiger partial charge < -0.3 is 15.4 Å². The van der Waals surface area contributed by atoms with Gasteiger partial charge in [-0.2, -0.15) is 18.2 Å². The molecule has 5 nitrogen and oxygen atoms in total. The van der Waals surface area contributed by atoms with E-state index in [0.29, 0.717) is 17.1 Å². The molecule has 1 fully saturated rings. The zero-order chi connectivity index (χ0) is 25.4. The first-order valence-corrected chi connectivity index (χ1v) is 12.8. The Balaban J connectivity index is 1.51. The second kappa shape index (κ2) is 12.1. The first-order valence-electron chi connectivity index (χ1n) is 12.8. The third-order valence-corrected chi connectivity index (χ3v) is 6.36. The number of hydrogen-bond acceptors (Lipinski definition) is 5. The van der Waals surface area contributed by atoms with E-state index in [9.17, 15) is 13.2 Å². The zero-order valence-corrected chi connectivity index (χ0v) is 20.6. The highest BCUT2D eigenvalue weighted by Gasteiger charge is 2.35. The minimum Gasteiger partial charge on any atom is -0.488 e. The van der Waals surface area contributed by atoms with Crippen LogP contribution in [0.4, 0.5) is 36.3 Å². The monoisotopic (exact) mass is 498 g/mol. The van der Waals surface area contributed by atoms with Crippen molar-refractivity contribution in [3.05, 3.63) is 65.9 Å². The van der Waals surface area contributed by atoms with Crippen molar-refractivity contribution in [3.63, 3.8) is 0 Å². The minimum absolute atomic E-state index is 0.0762. The third kappa shape index (κ3) is 7.12. The number of rotatable bonds is 11. The summed E-state index contributed by atoms with van der Waals surface area (Å²) in [4.78, 5) is 8.11. The van der Waals surface area contributed by atoms with Crippen molar-refractivity contribution in [1.29, 1.82) is 0 Å². The van der Waals surface area contributed by atoms with Gasteiger partial charge in [-0.1, -0.05) is 50.5 Å². The Morgan fingerprint density at radius 2 is 1.69 bits per heavy atom. The molecule has 0 aliphatic heterocycles. The zero-order valence-electron chi connectivity index (χ0n) is 20.6. The Labute approximate surface area is 210 Å². The molecule has 1 aromatic heterocycles. The highest BCUT2D eigenvalue weighted by atomic mass is 19.4. The maximum atomic E-state index is 13.8. The van der Waals surface area contributed by atoms with E-state index in [-0.39, 0.29) is 17.9 Å². The van der Waals surface area contributed by atoms with Crippen LogP contribution in [0.15, 0.2) is 54.7 Å². The molecule has 2 aromatic carbocycles. The highest BCUT2D eigenvalue weighted by molar-refractivity contribution is 5.67. The van der Waals surface area contributed by atoms with Gasteiger partial charge in [-0.25, -0.2) is 4.98 Å². The number of unbranched alkanes of at least 4 members (excludes halogenated alkanes) is 3. The Bertz CT molecular complexity index is 1110. The summed E-state index contributed by atoms with van der Waals surface area (Å²) in [6.07, 6.45) is 6.15. The van der Waals surface area contributed by atoms with E-state index in [0.717, 1.165) is 44.7 Å². The van der Waals surface area contributed by atoms with Crippen molar-refractivity contribution >= 4 is 23.1 Å². The van der Waals surface area contributed by atoms with E-state index in [4.69, 9.17) is 4.74 Å². The molecular weight excluding hydrogens is 465 g/mol. The molecule has 0 bridgehead atoms. The average Bonchev–Trinajstić information content (AvgIpc) is 3.37. The predicted octanol–water partition coefficient (Wildman–Crippen LogP) is 8.43. The highest BCUT2D eigenvalue weighted by Crippen LogP contribution is 2.38. The molecule has 1 aliphatic rings. The molecule has 4 rings (SSSR count). The van der Waals surface area contributed by atoms with Gasteiger partial charge in [0.05, 0.1) is 11.8 Å². The second-order valence-electron chi connectivity index (χ2n) is 9.23. The Morgan fingerprint density at radius 1 is 0.944 bits per heavy atom. The number of alkyl halides is 3. The van der Waals surface area contributed by atoms with Crippen LogP contribution in [0.3, 0.4) is 0 Å². The SMILES string of the molecule is CCCCCCc1ccc(Nc2ncc(C(F)(F)F)c(Nc3ccccc3OC3CCCC3)n2)cc1. The van der Waals surface area contributed by atoms with Gasteiger partial charge >= 0.3 is 6.18 Å². The number of halogens is 3. The van der Waals surface area contributed by atoms with E-state index in [1.54, 1.807) is 24.3 Å². The van der Waals surface area contributed by atoms with Crippen molar-refractivity contribution in [1.82, 2.24) is 9.97 Å². The van der Waals surface area contributed by atoms with Crippen molar-refractivity contribution in [2.75, 3.05) is 10.6 Å². The fourth-order valence-electron chi connectivity index (χ4n) is 4.37. The number of nitrogens with one attached hydrogen (secondary N) is 2. The Kier molecular flexibility index (Phi) is 8.67. The number of anilines is 4. The lowest BCUT2D eigenvalue weighted by atomic mass is 10.1. The van der Waals surface area contributed by atoms with Gasteiger partial charge in [-0.15, -0.1) is 0 Å². The molecule has 0 atom stereocenters. The van der Waals surface area contributed by atoms with E-state index in [2.05, 4.69) is 27.5 Å². The molecule has 36 heavy (non-hydrogen) atoms. The molecule has 3 aromatic rings. The number of ether oxygens (including phenoxy) is 1. The van der Waals surface area contributed by atoms with Gasteiger partial charge in [-0.3, -0.25) is 0 Å². The van der Waals surface area contributed by atoms with Gasteiger partial charge in [0.15, 0.2) is 0 Å². The summed E-state index contributed by atoms with van der Waals surface area (Å²) in [5.41, 5.74) is 1.44. The molecule has 0 unspecified atom stereocenters. The van der Waals surface area contributed by atoms with Gasteiger partial charge in [0, 0.05) is 11.9 Å². The molecule has 1 aliphatic carbocycles. The molecular formula is C28H33F3N4O. The van der Waals surface area contributed by atoms with Crippen molar-refractivity contribution < 1.29 is 17.9 Å². The van der Waals surface area contributed by atoms with Crippen LogP contribution in [0.2, 0.25) is 0 Å². The summed E-state index contributed by atoms with van der Waals surface area (Å²) in [6.45, 7) is 2.19. The number of aromatic nitrogens is 2. The molecule has 0 amide bonds. The molecule has 2 N–H and O–H groups in total. The molecule has 192 valence electrons. The standard InChI is InChI=1S/C28H33F3N4O/c1-2-3-4-5-10-20-15-17-21(18-16-20)33-27-32-19-23(28(29,30)31)26(35-27)34-24-13-8-9-14-25(24)36-22-11-6-7-12-22/h8-9,13-19,22H,2-7,10-12H2,1H3,(H2,32,33,34,35). The quantitative estimate of drug-likeness (QED) is 0.260. The molecule has 0 spiro atoms. The maximum absolute atomic E-state index is 13.8. The summed E-state index contributed by atoms with van der Waals surface area (Å²) >= 11 is 0. The fraction of sp³-hybridized carbons (Fsp3) is 0.429. The smallest absolute Gasteiger partial charge is 0.421 e. The maximum Gasteiger partial charge on any atom is 0.421 e. The number of hydrogen-bond donors (Lipinski definition) is 2. The van der Waals surface area contributed by atoms with Crippen LogP contribution >= 0.6 is 0 Å². The van der Waals surface area contributed by atoms with Gasteiger partial charge in [0.1, 0.15) is 17.1 Å². The molecule has 0 radical (unpaired) electrons. The van der Waals surface area contributed by atoms with E-state index in [1.165, 1.54) is 24.8 Å². The van der Waals surface area contributed by atoms with Crippen molar-refractivity contribution in [2.45, 2.75) is 77.0 Å². The van der Waals surface area contributed by atoms with Crippen LogP contribution in [-0.2, 0) is 12.6 Å². The summed E-state index contributed by atoms with van der Waals surface area (Å²) in [5.74, 6) is 0.269. The van der Waals surface area contributed by atoms with Gasteiger partial charge in [0.25, 0.3) is 0 Å². The Morgan fingerprint density at radius 3 is 2.42 bits per heavy atom. The topological polar surface area (TPSA) is 59.1 Å². The van der Waals surface area contributed by atoms with Crippen LogP contribution in [0, 0.1) is 0 Å². The van der Waals surface area contributed by atoms with E-state index >= 15 is 0 Å². The number of nitrogens with zero attached hydrogens (tertiary/aromatic N) is 2. The second-order valence-corrected chi connectivity index (χ2v) is 9.23. The summed E-state index contributed by atoms with van der Waals surface area (Å²) < 4.78 is 47.4. The molecule has 8 heteroatoms. The molecule has 1 saturated carbocycles. The van der Waals surface area contributed by atoms with Crippen LogP contribution < -0.4 is 15.4 Å². The average molecular weight is 499 g/mol. The van der Waals surface area contributed by atoms with Crippen LogP contribution in [-0.4, -0.2) is 16.1 Å². The lowest BCUT2D eigenvalue weighted by Gasteiger charge is -2.19. The normalized spacial score (nSPS) is 14.1. The summed E-state index contributed by atoms with van der Waals surface area (Å²) in [5, 5.41) is 5.88. The number of aryl methyl sites for hydroxylation is 1. The van der Waals surface area contributed by atoms with Gasteiger partial charge in [0.2, 0.25) is 5.95 Å². The first-order chi connectivity index (χ1) is 17.4. The molecule has 0 saturated heterocycles. The van der Waals surface area contributed by atoms with Crippen LogP contribution in [0.5, 0.6) is 5.75 Å². The minimum atomic E-state index is -4.61. The lowest BCUT2D eigenvalue weighted by Crippen LogP contribution is -2.14. The fourth-order valence-corrected chi connectivity index (χ4v) is 4.37. The first kappa shape index (κ1) is 25.8. The lowest BCUT2D eigenvalue weighted by molar-refractivity contribution is -0.137. The van der Waals surface area contributed by atoms with Gasteiger partial charge in [-0.05, 0) is 68.4 Å². The summed E-state index contributed by atoms with van der Waals surface area (Å²) in [7, 11) is 0. The predicted molar refractivity (Wildman–Crippen MR) is 137 cm³/mol. The molecule has 1 heterocycles. The van der Waals surface area contributed by atoms with Crippen LogP contribution in [0.25, 0.3) is 0 Å². The van der Waals surface area contributed by atoms with Crippen molar-refractivity contribution in [2.24, 2.45) is 0 Å². The largest absolute Gasteiger partial charge is 0.488 e. The summed E-state index contributed by atoms with van der Waals surface area (Å²) in [6, 6.07) is 14.9. The number of para-hydroxylation sites is 2. The van der Waals surface area contributed by atoms with Crippen LogP contribution in [0.1, 0.15) is 69.4 Å².